The van der Waals surface area contributed by atoms with Crippen LogP contribution >= 0.6 is 0 Å². The van der Waals surface area contributed by atoms with E-state index in [0.717, 1.165) is 6.26 Å². The van der Waals surface area contributed by atoms with Crippen molar-refractivity contribution in [3.8, 4) is 39.9 Å². The minimum absolute atomic E-state index is 0.0469. The number of ether oxygens (including phenoxy) is 2. The van der Waals surface area contributed by atoms with E-state index in [1.807, 2.05) is 0 Å². The van der Waals surface area contributed by atoms with E-state index in [0.29, 0.717) is 0 Å². The van der Waals surface area contributed by atoms with E-state index in [1.165, 1.54) is 38.5 Å². The van der Waals surface area contributed by atoms with Crippen molar-refractivity contribution in [3.05, 3.63) is 40.8 Å². The monoisotopic (exact) mass is 330 g/mol. The minimum Gasteiger partial charge on any atom is -0.504 e. The van der Waals surface area contributed by atoms with Crippen LogP contribution in [0.1, 0.15) is 0 Å². The smallest absolute Gasteiger partial charge is 0.201 e. The van der Waals surface area contributed by atoms with Gasteiger partial charge in [0.05, 0.1) is 25.2 Å². The lowest BCUT2D eigenvalue weighted by Gasteiger charge is -2.10. The van der Waals surface area contributed by atoms with Gasteiger partial charge >= 0.3 is 0 Å². The molecule has 0 amide bonds. The van der Waals surface area contributed by atoms with E-state index in [9.17, 15) is 20.1 Å². The summed E-state index contributed by atoms with van der Waals surface area (Å²) in [5, 5.41) is 29.9. The summed E-state index contributed by atoms with van der Waals surface area (Å²) in [6.45, 7) is 0. The van der Waals surface area contributed by atoms with Crippen molar-refractivity contribution in [2.45, 2.75) is 0 Å². The number of fused-ring (bicyclic) bond motifs is 1. The van der Waals surface area contributed by atoms with E-state index in [-0.39, 0.29) is 39.3 Å². The third-order valence-corrected chi connectivity index (χ3v) is 3.70. The normalized spacial score (nSPS) is 10.8. The predicted octanol–water partition coefficient (Wildman–Crippen LogP) is 2.59. The van der Waals surface area contributed by atoms with Crippen molar-refractivity contribution in [2.75, 3.05) is 14.2 Å². The van der Waals surface area contributed by atoms with Crippen LogP contribution in [0.25, 0.3) is 22.1 Å². The summed E-state index contributed by atoms with van der Waals surface area (Å²) in [5.41, 5.74) is -0.143. The maximum Gasteiger partial charge on any atom is 0.201 e. The zero-order valence-corrected chi connectivity index (χ0v) is 12.9. The fourth-order valence-electron chi connectivity index (χ4n) is 2.44. The first-order valence-electron chi connectivity index (χ1n) is 6.89. The second-order valence-electron chi connectivity index (χ2n) is 5.01. The Morgan fingerprint density at radius 1 is 0.917 bits per heavy atom. The molecule has 0 aliphatic rings. The summed E-state index contributed by atoms with van der Waals surface area (Å²) in [6.07, 6.45) is 1.15. The first-order chi connectivity index (χ1) is 11.5. The topological polar surface area (TPSA) is 109 Å². The van der Waals surface area contributed by atoms with Gasteiger partial charge in [-0.3, -0.25) is 4.79 Å². The molecule has 24 heavy (non-hydrogen) atoms. The Hall–Kier alpha value is -3.35. The van der Waals surface area contributed by atoms with Crippen molar-refractivity contribution in [3.63, 3.8) is 0 Å². The van der Waals surface area contributed by atoms with Crippen LogP contribution < -0.4 is 14.9 Å². The van der Waals surface area contributed by atoms with Crippen LogP contribution in [0.5, 0.6) is 28.7 Å². The first-order valence-corrected chi connectivity index (χ1v) is 6.89. The minimum atomic E-state index is -0.494. The van der Waals surface area contributed by atoms with Gasteiger partial charge in [0.15, 0.2) is 23.0 Å². The lowest BCUT2D eigenvalue weighted by molar-refractivity contribution is 0.351. The molecule has 0 unspecified atom stereocenters. The van der Waals surface area contributed by atoms with Crippen LogP contribution in [0.3, 0.4) is 0 Å². The Labute approximate surface area is 135 Å². The quantitative estimate of drug-likeness (QED) is 0.633. The van der Waals surface area contributed by atoms with Crippen molar-refractivity contribution >= 4 is 11.0 Å². The zero-order chi connectivity index (χ0) is 17.4. The van der Waals surface area contributed by atoms with E-state index in [1.54, 1.807) is 0 Å². The van der Waals surface area contributed by atoms with E-state index >= 15 is 0 Å². The molecule has 7 heteroatoms. The number of phenols is 3. The van der Waals surface area contributed by atoms with Crippen LogP contribution in [0.15, 0.2) is 39.7 Å². The van der Waals surface area contributed by atoms with Crippen LogP contribution in [-0.4, -0.2) is 29.5 Å². The summed E-state index contributed by atoms with van der Waals surface area (Å²) < 4.78 is 15.3. The largest absolute Gasteiger partial charge is 0.504 e. The van der Waals surface area contributed by atoms with Gasteiger partial charge in [0.25, 0.3) is 0 Å². The molecule has 0 saturated carbocycles. The standard InChI is InChI=1S/C17H14O7/c1-22-12-4-3-8(16(20)17(12)21)10-7-24-13-6-11(18)14(23-2)5-9(13)15(10)19/h3-7,18,20-21H,1-2H3. The highest BCUT2D eigenvalue weighted by atomic mass is 16.5. The molecular formula is C17H14O7. The molecule has 0 aliphatic carbocycles. The maximum absolute atomic E-state index is 12.7. The Balaban J connectivity index is 2.28. The highest BCUT2D eigenvalue weighted by Crippen LogP contribution is 2.42. The molecular weight excluding hydrogens is 316 g/mol. The van der Waals surface area contributed by atoms with Crippen LogP contribution in [0.4, 0.5) is 0 Å². The number of aromatic hydroxyl groups is 3. The molecule has 1 heterocycles. The summed E-state index contributed by atoms with van der Waals surface area (Å²) >= 11 is 0. The van der Waals surface area contributed by atoms with Gasteiger partial charge in [-0.2, -0.15) is 0 Å². The highest BCUT2D eigenvalue weighted by Gasteiger charge is 2.18. The molecule has 0 bridgehead atoms. The third kappa shape index (κ3) is 2.26. The maximum atomic E-state index is 12.7. The van der Waals surface area contributed by atoms with Gasteiger partial charge in [-0.05, 0) is 18.2 Å². The molecule has 124 valence electrons. The molecule has 7 nitrogen and oxygen atoms in total. The number of phenolic OH excluding ortho intramolecular Hbond substituents is 3. The van der Waals surface area contributed by atoms with E-state index in [4.69, 9.17) is 13.9 Å². The van der Waals surface area contributed by atoms with Gasteiger partial charge in [0.2, 0.25) is 11.2 Å². The highest BCUT2D eigenvalue weighted by molar-refractivity contribution is 5.86. The van der Waals surface area contributed by atoms with E-state index in [2.05, 4.69) is 0 Å². The lowest BCUT2D eigenvalue weighted by Crippen LogP contribution is -2.05. The first kappa shape index (κ1) is 15.5. The predicted molar refractivity (Wildman–Crippen MR) is 86.0 cm³/mol. The summed E-state index contributed by atoms with van der Waals surface area (Å²) in [7, 11) is 2.71. The van der Waals surface area contributed by atoms with Crippen LogP contribution in [-0.2, 0) is 0 Å². The molecule has 3 N–H and O–H groups in total. The Kier molecular flexibility index (Phi) is 3.69. The Bertz CT molecular complexity index is 988. The molecule has 0 atom stereocenters. The van der Waals surface area contributed by atoms with Crippen molar-refractivity contribution in [2.24, 2.45) is 0 Å². The van der Waals surface area contributed by atoms with Gasteiger partial charge in [-0.15, -0.1) is 0 Å². The molecule has 3 rings (SSSR count). The SMILES string of the molecule is COc1cc2c(=O)c(-c3ccc(OC)c(O)c3O)coc2cc1O. The Morgan fingerprint density at radius 2 is 1.62 bits per heavy atom. The molecule has 3 aromatic rings. The molecule has 2 aromatic carbocycles. The van der Waals surface area contributed by atoms with Crippen molar-refractivity contribution in [1.82, 2.24) is 0 Å². The van der Waals surface area contributed by atoms with Gasteiger partial charge in [-0.25, -0.2) is 0 Å². The van der Waals surface area contributed by atoms with Crippen molar-refractivity contribution in [1.29, 1.82) is 0 Å². The van der Waals surface area contributed by atoms with Gasteiger partial charge < -0.3 is 29.2 Å². The van der Waals surface area contributed by atoms with Crippen molar-refractivity contribution < 1.29 is 29.2 Å². The number of hydrogen-bond donors (Lipinski definition) is 3. The van der Waals surface area contributed by atoms with Gasteiger partial charge in [0.1, 0.15) is 11.8 Å². The van der Waals surface area contributed by atoms with E-state index < -0.39 is 16.9 Å². The molecule has 0 fully saturated rings. The molecule has 0 spiro atoms. The molecule has 1 aromatic heterocycles. The summed E-state index contributed by atoms with van der Waals surface area (Å²) in [4.78, 5) is 12.7. The third-order valence-electron chi connectivity index (χ3n) is 3.70. The van der Waals surface area contributed by atoms with Gasteiger partial charge in [0, 0.05) is 11.6 Å². The summed E-state index contributed by atoms with van der Waals surface area (Å²) in [5.74, 6) is -0.933. The van der Waals surface area contributed by atoms with Crippen LogP contribution in [0.2, 0.25) is 0 Å². The zero-order valence-electron chi connectivity index (χ0n) is 12.9. The average molecular weight is 330 g/mol. The van der Waals surface area contributed by atoms with Gasteiger partial charge in [-0.1, -0.05) is 0 Å². The lowest BCUT2D eigenvalue weighted by atomic mass is 10.0. The average Bonchev–Trinajstić information content (AvgIpc) is 2.58. The molecule has 0 aliphatic heterocycles. The molecule has 0 saturated heterocycles. The number of hydrogen-bond acceptors (Lipinski definition) is 7. The fraction of sp³-hybridized carbons (Fsp3) is 0.118. The Morgan fingerprint density at radius 3 is 2.29 bits per heavy atom. The number of benzene rings is 2. The second kappa shape index (κ2) is 5.69. The number of rotatable bonds is 3. The number of methoxy groups -OCH3 is 2. The fourth-order valence-corrected chi connectivity index (χ4v) is 2.44. The molecule has 0 radical (unpaired) electrons. The van der Waals surface area contributed by atoms with Crippen LogP contribution in [0, 0.1) is 0 Å². The second-order valence-corrected chi connectivity index (χ2v) is 5.01. The summed E-state index contributed by atoms with van der Waals surface area (Å²) in [6, 6.07) is 5.47.